The van der Waals surface area contributed by atoms with Crippen LogP contribution in [0.1, 0.15) is 27.2 Å². The molecule has 0 spiro atoms. The summed E-state index contributed by atoms with van der Waals surface area (Å²) < 4.78 is 10.6. The van der Waals surface area contributed by atoms with Crippen molar-refractivity contribution in [2.45, 2.75) is 20.0 Å². The topological polar surface area (TPSA) is 51.7 Å². The Morgan fingerprint density at radius 3 is 2.22 bits per heavy atom. The third-order valence-electron chi connectivity index (χ3n) is 5.99. The van der Waals surface area contributed by atoms with Gasteiger partial charge in [-0.1, -0.05) is 35.9 Å². The SMILES string of the molecule is COc1ccc(CN2Cc3c(nc4ccc(C)cc4c3-c3ccc(OC)cc3)C2=O)cc1. The molecule has 0 radical (unpaired) electrons. The largest absolute Gasteiger partial charge is 0.497 e. The number of rotatable bonds is 5. The van der Waals surface area contributed by atoms with E-state index < -0.39 is 0 Å². The van der Waals surface area contributed by atoms with Gasteiger partial charge in [0.25, 0.3) is 5.91 Å². The average Bonchev–Trinajstić information content (AvgIpc) is 3.13. The molecule has 5 nitrogen and oxygen atoms in total. The van der Waals surface area contributed by atoms with Crippen LogP contribution in [-0.2, 0) is 13.1 Å². The number of hydrogen-bond donors (Lipinski definition) is 0. The molecule has 0 aliphatic carbocycles. The molecule has 0 saturated carbocycles. The third-order valence-corrected chi connectivity index (χ3v) is 5.99. The second-order valence-electron chi connectivity index (χ2n) is 8.07. The Morgan fingerprint density at radius 1 is 0.906 bits per heavy atom. The van der Waals surface area contributed by atoms with Gasteiger partial charge in [0, 0.05) is 24.0 Å². The zero-order valence-electron chi connectivity index (χ0n) is 18.4. The fourth-order valence-corrected chi connectivity index (χ4v) is 4.33. The van der Waals surface area contributed by atoms with Crippen LogP contribution in [0, 0.1) is 6.92 Å². The number of pyridine rings is 1. The van der Waals surface area contributed by atoms with E-state index in [1.165, 1.54) is 0 Å². The number of methoxy groups -OCH3 is 2. The maximum Gasteiger partial charge on any atom is 0.273 e. The molecular formula is C27H24N2O3. The quantitative estimate of drug-likeness (QED) is 0.431. The number of carbonyl (C=O) groups is 1. The number of hydrogen-bond acceptors (Lipinski definition) is 4. The third kappa shape index (κ3) is 3.46. The number of carbonyl (C=O) groups excluding carboxylic acids is 1. The number of ether oxygens (including phenoxy) is 2. The van der Waals surface area contributed by atoms with Gasteiger partial charge in [-0.3, -0.25) is 4.79 Å². The van der Waals surface area contributed by atoms with E-state index in [0.717, 1.165) is 50.2 Å². The van der Waals surface area contributed by atoms with Crippen molar-refractivity contribution in [2.24, 2.45) is 0 Å². The van der Waals surface area contributed by atoms with Crippen molar-refractivity contribution in [1.29, 1.82) is 0 Å². The Kier molecular flexibility index (Phi) is 5.02. The number of benzene rings is 3. The fourth-order valence-electron chi connectivity index (χ4n) is 4.33. The molecule has 2 heterocycles. The van der Waals surface area contributed by atoms with Gasteiger partial charge in [-0.05, 0) is 60.0 Å². The molecule has 0 saturated heterocycles. The Balaban J connectivity index is 1.60. The van der Waals surface area contributed by atoms with E-state index in [4.69, 9.17) is 14.5 Å². The van der Waals surface area contributed by atoms with E-state index in [0.29, 0.717) is 18.8 Å². The summed E-state index contributed by atoms with van der Waals surface area (Å²) in [4.78, 5) is 20.0. The highest BCUT2D eigenvalue weighted by atomic mass is 16.5. The van der Waals surface area contributed by atoms with Crippen LogP contribution in [0.25, 0.3) is 22.0 Å². The van der Waals surface area contributed by atoms with E-state index in [9.17, 15) is 4.79 Å². The lowest BCUT2D eigenvalue weighted by molar-refractivity contribution is 0.0762. The molecule has 32 heavy (non-hydrogen) atoms. The van der Waals surface area contributed by atoms with Crippen LogP contribution in [0.4, 0.5) is 0 Å². The van der Waals surface area contributed by atoms with Gasteiger partial charge in [0.2, 0.25) is 0 Å². The van der Waals surface area contributed by atoms with Crippen molar-refractivity contribution < 1.29 is 14.3 Å². The summed E-state index contributed by atoms with van der Waals surface area (Å²) in [5, 5.41) is 1.06. The molecule has 1 aliphatic rings. The monoisotopic (exact) mass is 424 g/mol. The van der Waals surface area contributed by atoms with Crippen molar-refractivity contribution in [3.8, 4) is 22.6 Å². The molecule has 0 bridgehead atoms. The van der Waals surface area contributed by atoms with E-state index in [-0.39, 0.29) is 5.91 Å². The zero-order valence-corrected chi connectivity index (χ0v) is 18.4. The lowest BCUT2D eigenvalue weighted by Gasteiger charge is -2.16. The summed E-state index contributed by atoms with van der Waals surface area (Å²) in [5.74, 6) is 1.57. The van der Waals surface area contributed by atoms with Crippen molar-refractivity contribution in [2.75, 3.05) is 14.2 Å². The standard InChI is InChI=1S/C27H24N2O3/c1-17-4-13-24-22(14-17)25(19-7-11-21(32-3)12-8-19)23-16-29(27(30)26(23)28-24)15-18-5-9-20(31-2)10-6-18/h4-14H,15-16H2,1-3H3. The Labute approximate surface area is 187 Å². The second kappa shape index (κ2) is 8.00. The molecule has 1 aliphatic heterocycles. The minimum absolute atomic E-state index is 0.0342. The molecule has 160 valence electrons. The van der Waals surface area contributed by atoms with Crippen LogP contribution in [0.5, 0.6) is 11.5 Å². The summed E-state index contributed by atoms with van der Waals surface area (Å²) in [5.41, 5.74) is 6.69. The lowest BCUT2D eigenvalue weighted by Crippen LogP contribution is -2.23. The molecular weight excluding hydrogens is 400 g/mol. The molecule has 3 aromatic carbocycles. The van der Waals surface area contributed by atoms with Gasteiger partial charge in [0.1, 0.15) is 17.2 Å². The van der Waals surface area contributed by atoms with E-state index in [1.807, 2.05) is 65.6 Å². The Bertz CT molecular complexity index is 1310. The average molecular weight is 425 g/mol. The van der Waals surface area contributed by atoms with E-state index >= 15 is 0 Å². The summed E-state index contributed by atoms with van der Waals surface area (Å²) >= 11 is 0. The Hall–Kier alpha value is -3.86. The maximum absolute atomic E-state index is 13.3. The van der Waals surface area contributed by atoms with Crippen LogP contribution in [0.3, 0.4) is 0 Å². The van der Waals surface area contributed by atoms with Crippen molar-refractivity contribution in [3.05, 3.63) is 89.1 Å². The molecule has 1 aromatic heterocycles. The van der Waals surface area contributed by atoms with Crippen LogP contribution >= 0.6 is 0 Å². The normalized spacial score (nSPS) is 12.8. The lowest BCUT2D eigenvalue weighted by atomic mass is 9.94. The first-order valence-electron chi connectivity index (χ1n) is 10.6. The molecule has 0 fully saturated rings. The maximum atomic E-state index is 13.3. The second-order valence-corrected chi connectivity index (χ2v) is 8.07. The highest BCUT2D eigenvalue weighted by Gasteiger charge is 2.32. The van der Waals surface area contributed by atoms with Crippen molar-refractivity contribution >= 4 is 16.8 Å². The van der Waals surface area contributed by atoms with Gasteiger partial charge in [0.05, 0.1) is 19.7 Å². The number of aryl methyl sites for hydroxylation is 1. The van der Waals surface area contributed by atoms with Crippen LogP contribution in [-0.4, -0.2) is 30.0 Å². The van der Waals surface area contributed by atoms with Gasteiger partial charge in [-0.2, -0.15) is 0 Å². The molecule has 0 unspecified atom stereocenters. The smallest absolute Gasteiger partial charge is 0.273 e. The molecule has 5 heteroatoms. The summed E-state index contributed by atoms with van der Waals surface area (Å²) in [7, 11) is 3.31. The first-order chi connectivity index (χ1) is 15.6. The minimum Gasteiger partial charge on any atom is -0.497 e. The van der Waals surface area contributed by atoms with Gasteiger partial charge in [-0.15, -0.1) is 0 Å². The molecule has 1 amide bonds. The number of nitrogens with zero attached hydrogens (tertiary/aromatic N) is 2. The van der Waals surface area contributed by atoms with Crippen LogP contribution in [0.15, 0.2) is 66.7 Å². The predicted molar refractivity (Wildman–Crippen MR) is 125 cm³/mol. The highest BCUT2D eigenvalue weighted by Crippen LogP contribution is 2.38. The number of fused-ring (bicyclic) bond motifs is 2. The fraction of sp³-hybridized carbons (Fsp3) is 0.185. The van der Waals surface area contributed by atoms with Crippen molar-refractivity contribution in [1.82, 2.24) is 9.88 Å². The molecule has 5 rings (SSSR count). The first kappa shape index (κ1) is 20.1. The van der Waals surface area contributed by atoms with Crippen molar-refractivity contribution in [3.63, 3.8) is 0 Å². The van der Waals surface area contributed by atoms with E-state index in [2.05, 4.69) is 13.0 Å². The molecule has 4 aromatic rings. The zero-order chi connectivity index (χ0) is 22.2. The highest BCUT2D eigenvalue weighted by molar-refractivity contribution is 6.06. The van der Waals surface area contributed by atoms with Gasteiger partial charge in [0.15, 0.2) is 0 Å². The minimum atomic E-state index is -0.0342. The summed E-state index contributed by atoms with van der Waals surface area (Å²) in [6, 6.07) is 22.0. The van der Waals surface area contributed by atoms with Gasteiger partial charge < -0.3 is 14.4 Å². The number of amides is 1. The summed E-state index contributed by atoms with van der Waals surface area (Å²) in [6.07, 6.45) is 0. The summed E-state index contributed by atoms with van der Waals surface area (Å²) in [6.45, 7) is 3.13. The van der Waals surface area contributed by atoms with E-state index in [1.54, 1.807) is 14.2 Å². The van der Waals surface area contributed by atoms with Crippen LogP contribution < -0.4 is 9.47 Å². The van der Waals surface area contributed by atoms with Gasteiger partial charge >= 0.3 is 0 Å². The molecule has 0 N–H and O–H groups in total. The van der Waals surface area contributed by atoms with Crippen LogP contribution in [0.2, 0.25) is 0 Å². The first-order valence-corrected chi connectivity index (χ1v) is 10.6. The Morgan fingerprint density at radius 2 is 1.56 bits per heavy atom. The predicted octanol–water partition coefficient (Wildman–Crippen LogP) is 5.38. The van der Waals surface area contributed by atoms with Gasteiger partial charge in [-0.25, -0.2) is 4.98 Å². The molecule has 0 atom stereocenters. The number of aromatic nitrogens is 1.